The molecule has 2 saturated heterocycles. The van der Waals surface area contributed by atoms with Crippen molar-refractivity contribution in [2.45, 2.75) is 18.1 Å². The lowest BCUT2D eigenvalue weighted by atomic mass is 9.49. The molecule has 2 aromatic heterocycles. The molecule has 1 saturated carbocycles. The Hall–Kier alpha value is -3.91. The average molecular weight is 606 g/mol. The van der Waals surface area contributed by atoms with Gasteiger partial charge in [0.2, 0.25) is 5.91 Å². The fraction of sp³-hybridized carbons (Fsp3) is 0.429. The molecule has 1 aliphatic carbocycles. The van der Waals surface area contributed by atoms with Gasteiger partial charge in [0.15, 0.2) is 17.3 Å². The van der Waals surface area contributed by atoms with Crippen molar-refractivity contribution in [2.24, 2.45) is 17.8 Å². The summed E-state index contributed by atoms with van der Waals surface area (Å²) in [4.78, 5) is 48.0. The molecule has 6 radical (unpaired) electrons. The molecule has 0 bridgehead atoms. The van der Waals surface area contributed by atoms with Crippen molar-refractivity contribution in [1.82, 2.24) is 30.3 Å². The van der Waals surface area contributed by atoms with E-state index in [1.54, 1.807) is 18.3 Å². The summed E-state index contributed by atoms with van der Waals surface area (Å²) in [6.45, 7) is 3.52. The molecule has 2 unspecified atom stereocenters. The first-order valence-electron chi connectivity index (χ1n) is 14.2. The number of amides is 3. The van der Waals surface area contributed by atoms with E-state index in [0.29, 0.717) is 38.7 Å². The Morgan fingerprint density at radius 1 is 1.05 bits per heavy atom. The van der Waals surface area contributed by atoms with E-state index >= 15 is 0 Å². The number of rotatable bonds is 9. The maximum atomic E-state index is 13.4. The highest BCUT2D eigenvalue weighted by Gasteiger charge is 2.41. The fourth-order valence-electron chi connectivity index (χ4n) is 5.76. The Kier molecular flexibility index (Phi) is 8.14. The standard InChI is InChI=1S/C28H29B3N8O4S/c1-38-10-15-12-39(13-16(15)11-38)27(42)20-9-32-26(44-20)17-4-3-5-18(23(17)43-2)33-19-8-21(34-24(40)14-6-7-14)36-37-22(19)25(41)35-28(29,30)31/h3-5,8-9,14-16H,6-7,10-13H2,1-2H3,(H,35,41)(H2,33,34,36,40). The second kappa shape index (κ2) is 11.9. The molecule has 2 aliphatic heterocycles. The molecule has 4 heterocycles. The van der Waals surface area contributed by atoms with Crippen LogP contribution in [0, 0.1) is 17.8 Å². The van der Waals surface area contributed by atoms with E-state index in [1.165, 1.54) is 24.5 Å². The third-order valence-electron chi connectivity index (χ3n) is 7.93. The van der Waals surface area contributed by atoms with Crippen molar-refractivity contribution in [3.63, 3.8) is 0 Å². The van der Waals surface area contributed by atoms with E-state index in [1.807, 2.05) is 11.0 Å². The highest BCUT2D eigenvalue weighted by atomic mass is 32.1. The molecule has 6 rings (SSSR count). The third-order valence-corrected chi connectivity index (χ3v) is 8.95. The highest BCUT2D eigenvalue weighted by Crippen LogP contribution is 2.41. The molecular weight excluding hydrogens is 577 g/mol. The van der Waals surface area contributed by atoms with Crippen LogP contribution in [-0.2, 0) is 4.79 Å². The Labute approximate surface area is 262 Å². The van der Waals surface area contributed by atoms with E-state index in [-0.39, 0.29) is 34.9 Å². The highest BCUT2D eigenvalue weighted by molar-refractivity contribution is 7.17. The zero-order valence-electron chi connectivity index (χ0n) is 24.4. The van der Waals surface area contributed by atoms with Crippen LogP contribution in [0.2, 0.25) is 0 Å². The van der Waals surface area contributed by atoms with Gasteiger partial charge in [-0.1, -0.05) is 11.3 Å². The minimum Gasteiger partial charge on any atom is -0.494 e. The van der Waals surface area contributed by atoms with Crippen molar-refractivity contribution in [3.05, 3.63) is 41.0 Å². The smallest absolute Gasteiger partial charge is 0.272 e. The SMILES string of the molecule is [B]C([B])([B])NC(=O)c1nnc(NC(=O)C2CC2)cc1Nc1cccc(-c2ncc(C(=O)N3CC4CN(C)CC4C3)s2)c1OC. The topological polar surface area (TPSA) is 142 Å². The number of benzene rings is 1. The fourth-order valence-corrected chi connectivity index (χ4v) is 6.67. The van der Waals surface area contributed by atoms with Crippen LogP contribution in [0.15, 0.2) is 30.5 Å². The maximum absolute atomic E-state index is 13.4. The van der Waals surface area contributed by atoms with Crippen LogP contribution in [0.25, 0.3) is 10.6 Å². The molecular formula is C28H29B3N8O4S. The number of anilines is 3. The summed E-state index contributed by atoms with van der Waals surface area (Å²) in [5, 5.41) is 14.7. The number of nitrogens with zero attached hydrogens (tertiary/aromatic N) is 5. The average Bonchev–Trinajstić information content (AvgIpc) is 3.42. The molecule has 3 amide bonds. The van der Waals surface area contributed by atoms with Crippen LogP contribution >= 0.6 is 11.3 Å². The van der Waals surface area contributed by atoms with E-state index in [0.717, 1.165) is 39.0 Å². The Bertz CT molecular complexity index is 1600. The summed E-state index contributed by atoms with van der Waals surface area (Å²) in [7, 11) is 20.4. The van der Waals surface area contributed by atoms with Gasteiger partial charge in [-0.2, -0.15) is 0 Å². The Morgan fingerprint density at radius 2 is 1.77 bits per heavy atom. The molecule has 220 valence electrons. The second-order valence-corrected chi connectivity index (χ2v) is 12.7. The van der Waals surface area contributed by atoms with E-state index < -0.39 is 11.1 Å². The largest absolute Gasteiger partial charge is 0.494 e. The van der Waals surface area contributed by atoms with Crippen molar-refractivity contribution < 1.29 is 19.1 Å². The predicted octanol–water partition coefficient (Wildman–Crippen LogP) is 1.18. The molecule has 0 spiro atoms. The van der Waals surface area contributed by atoms with Crippen molar-refractivity contribution in [2.75, 3.05) is 51.0 Å². The summed E-state index contributed by atoms with van der Waals surface area (Å²) >= 11 is 1.29. The number of hydrogen-bond donors (Lipinski definition) is 3. The number of hydrogen-bond acceptors (Lipinski definition) is 10. The minimum atomic E-state index is -2.00. The summed E-state index contributed by atoms with van der Waals surface area (Å²) in [6.07, 6.45) is 3.22. The summed E-state index contributed by atoms with van der Waals surface area (Å²) in [5.41, 5.74) is 1.12. The Morgan fingerprint density at radius 3 is 2.43 bits per heavy atom. The summed E-state index contributed by atoms with van der Waals surface area (Å²) in [5.74, 6) is 0.526. The quantitative estimate of drug-likeness (QED) is 0.307. The molecule has 3 fully saturated rings. The summed E-state index contributed by atoms with van der Waals surface area (Å²) < 4.78 is 5.79. The molecule has 3 aromatic rings. The van der Waals surface area contributed by atoms with Crippen LogP contribution in [0.5, 0.6) is 5.75 Å². The third kappa shape index (κ3) is 6.46. The van der Waals surface area contributed by atoms with E-state index in [4.69, 9.17) is 28.3 Å². The number of fused-ring (bicyclic) bond motifs is 1. The van der Waals surface area contributed by atoms with Gasteiger partial charge in [-0.25, -0.2) is 4.98 Å². The Balaban J connectivity index is 1.27. The molecule has 1 aromatic carbocycles. The van der Waals surface area contributed by atoms with Gasteiger partial charge in [-0.3, -0.25) is 14.4 Å². The number of likely N-dealkylation sites (tertiary alicyclic amines) is 2. The normalized spacial score (nSPS) is 19.8. The van der Waals surface area contributed by atoms with Crippen molar-refractivity contribution in [1.29, 1.82) is 0 Å². The monoisotopic (exact) mass is 606 g/mol. The first kappa shape index (κ1) is 30.1. The number of carbonyl (C=O) groups excluding carboxylic acids is 3. The van der Waals surface area contributed by atoms with Crippen LogP contribution in [0.3, 0.4) is 0 Å². The molecule has 12 nitrogen and oxygen atoms in total. The van der Waals surface area contributed by atoms with Crippen molar-refractivity contribution >= 4 is 69.8 Å². The van der Waals surface area contributed by atoms with Gasteiger partial charge in [-0.15, -0.1) is 21.5 Å². The number of carbonyl (C=O) groups is 3. The maximum Gasteiger partial charge on any atom is 0.272 e. The number of ether oxygens (including phenoxy) is 1. The number of thiazole rings is 1. The van der Waals surface area contributed by atoms with Gasteiger partial charge in [0.25, 0.3) is 11.8 Å². The van der Waals surface area contributed by atoms with Gasteiger partial charge in [0, 0.05) is 38.2 Å². The minimum absolute atomic E-state index is 0.0193. The van der Waals surface area contributed by atoms with Gasteiger partial charge in [0.1, 0.15) is 9.88 Å². The first-order valence-corrected chi connectivity index (χ1v) is 15.1. The lowest BCUT2D eigenvalue weighted by Gasteiger charge is -2.23. The van der Waals surface area contributed by atoms with E-state index in [2.05, 4.69) is 43.1 Å². The second-order valence-electron chi connectivity index (χ2n) is 11.6. The molecule has 16 heteroatoms. The number of para-hydroxylation sites is 1. The number of methoxy groups -OCH3 is 1. The first-order chi connectivity index (χ1) is 21.0. The molecule has 3 N–H and O–H groups in total. The van der Waals surface area contributed by atoms with Gasteiger partial charge >= 0.3 is 0 Å². The van der Waals surface area contributed by atoms with Crippen LogP contribution in [0.4, 0.5) is 17.2 Å². The van der Waals surface area contributed by atoms with E-state index in [9.17, 15) is 14.4 Å². The molecule has 44 heavy (non-hydrogen) atoms. The number of aromatic nitrogens is 3. The zero-order chi connectivity index (χ0) is 31.2. The molecule has 2 atom stereocenters. The van der Waals surface area contributed by atoms with Crippen molar-refractivity contribution in [3.8, 4) is 16.3 Å². The summed E-state index contributed by atoms with van der Waals surface area (Å²) in [6, 6.07) is 6.84. The van der Waals surface area contributed by atoms with Crippen LogP contribution in [-0.4, -0.2) is 112 Å². The lowest BCUT2D eigenvalue weighted by molar-refractivity contribution is -0.117. The number of nitrogens with one attached hydrogen (secondary N) is 3. The van der Waals surface area contributed by atoms with Crippen LogP contribution < -0.4 is 20.7 Å². The lowest BCUT2D eigenvalue weighted by Crippen LogP contribution is -2.50. The van der Waals surface area contributed by atoms with Crippen LogP contribution in [0.1, 0.15) is 33.0 Å². The van der Waals surface area contributed by atoms with Gasteiger partial charge in [-0.05, 0) is 43.9 Å². The predicted molar refractivity (Wildman–Crippen MR) is 169 cm³/mol. The molecule has 3 aliphatic rings. The zero-order valence-corrected chi connectivity index (χ0v) is 25.2. The van der Waals surface area contributed by atoms with Gasteiger partial charge < -0.3 is 30.5 Å². The van der Waals surface area contributed by atoms with Gasteiger partial charge in [0.05, 0.1) is 53.8 Å².